The standard InChI is InChI=1S/C13H26O3/c1-6-8-9-10-13(5,15)12(3,4)11(14)16-7-2/h15H,6-10H2,1-5H3. The van der Waals surface area contributed by atoms with Gasteiger partial charge in [-0.15, -0.1) is 0 Å². The summed E-state index contributed by atoms with van der Waals surface area (Å²) < 4.78 is 5.00. The first kappa shape index (κ1) is 15.4. The molecule has 0 aliphatic carbocycles. The third kappa shape index (κ3) is 3.78. The van der Waals surface area contributed by atoms with Crippen molar-refractivity contribution in [1.82, 2.24) is 0 Å². The molecule has 3 nitrogen and oxygen atoms in total. The van der Waals surface area contributed by atoms with Crippen molar-refractivity contribution in [3.63, 3.8) is 0 Å². The van der Waals surface area contributed by atoms with Crippen molar-refractivity contribution in [2.75, 3.05) is 6.61 Å². The first-order valence-electron chi connectivity index (χ1n) is 6.19. The molecule has 0 amide bonds. The fourth-order valence-electron chi connectivity index (χ4n) is 1.56. The van der Waals surface area contributed by atoms with Gasteiger partial charge in [0.15, 0.2) is 0 Å². The highest BCUT2D eigenvalue weighted by Crippen LogP contribution is 2.36. The zero-order valence-electron chi connectivity index (χ0n) is 11.3. The molecule has 3 heteroatoms. The van der Waals surface area contributed by atoms with E-state index in [1.165, 1.54) is 0 Å². The number of rotatable bonds is 7. The van der Waals surface area contributed by atoms with Crippen LogP contribution in [0.5, 0.6) is 0 Å². The second-order valence-electron chi connectivity index (χ2n) is 5.08. The molecule has 0 fully saturated rings. The van der Waals surface area contributed by atoms with E-state index in [0.29, 0.717) is 13.0 Å². The maximum Gasteiger partial charge on any atom is 0.314 e. The zero-order valence-corrected chi connectivity index (χ0v) is 11.3. The highest BCUT2D eigenvalue weighted by Gasteiger charge is 2.45. The predicted molar refractivity (Wildman–Crippen MR) is 65.2 cm³/mol. The third-order valence-corrected chi connectivity index (χ3v) is 3.40. The van der Waals surface area contributed by atoms with Crippen molar-refractivity contribution in [3.8, 4) is 0 Å². The van der Waals surface area contributed by atoms with Crippen LogP contribution in [0.2, 0.25) is 0 Å². The quantitative estimate of drug-likeness (QED) is 0.540. The number of ether oxygens (including phenoxy) is 1. The number of hydrogen-bond acceptors (Lipinski definition) is 3. The van der Waals surface area contributed by atoms with Crippen LogP contribution in [0.15, 0.2) is 0 Å². The minimum absolute atomic E-state index is 0.323. The van der Waals surface area contributed by atoms with E-state index >= 15 is 0 Å². The van der Waals surface area contributed by atoms with Gasteiger partial charge in [-0.2, -0.15) is 0 Å². The van der Waals surface area contributed by atoms with Gasteiger partial charge in [0.05, 0.1) is 17.6 Å². The molecule has 0 radical (unpaired) electrons. The highest BCUT2D eigenvalue weighted by atomic mass is 16.5. The van der Waals surface area contributed by atoms with Gasteiger partial charge in [0.25, 0.3) is 0 Å². The van der Waals surface area contributed by atoms with Crippen LogP contribution in [0, 0.1) is 5.41 Å². The van der Waals surface area contributed by atoms with Gasteiger partial charge in [-0.05, 0) is 34.1 Å². The summed E-state index contributed by atoms with van der Waals surface area (Å²) in [5.41, 5.74) is -1.86. The summed E-state index contributed by atoms with van der Waals surface area (Å²) in [7, 11) is 0. The molecule has 0 heterocycles. The average molecular weight is 230 g/mol. The Labute approximate surface area is 99.2 Å². The second kappa shape index (κ2) is 6.24. The first-order valence-corrected chi connectivity index (χ1v) is 6.19. The van der Waals surface area contributed by atoms with Crippen molar-refractivity contribution in [2.24, 2.45) is 5.41 Å². The van der Waals surface area contributed by atoms with E-state index in [4.69, 9.17) is 4.74 Å². The summed E-state index contributed by atoms with van der Waals surface area (Å²) in [5, 5.41) is 10.4. The van der Waals surface area contributed by atoms with Gasteiger partial charge in [-0.1, -0.05) is 26.2 Å². The van der Waals surface area contributed by atoms with Crippen LogP contribution in [0.3, 0.4) is 0 Å². The lowest BCUT2D eigenvalue weighted by atomic mass is 9.73. The second-order valence-corrected chi connectivity index (χ2v) is 5.08. The lowest BCUT2D eigenvalue weighted by Gasteiger charge is -2.37. The number of aliphatic hydroxyl groups is 1. The summed E-state index contributed by atoms with van der Waals surface area (Å²) in [5.74, 6) is -0.323. The monoisotopic (exact) mass is 230 g/mol. The van der Waals surface area contributed by atoms with Crippen LogP contribution >= 0.6 is 0 Å². The lowest BCUT2D eigenvalue weighted by molar-refractivity contribution is -0.169. The normalized spacial score (nSPS) is 15.6. The SMILES string of the molecule is CCCCCC(C)(O)C(C)(C)C(=O)OCC. The Morgan fingerprint density at radius 3 is 2.19 bits per heavy atom. The Hall–Kier alpha value is -0.570. The largest absolute Gasteiger partial charge is 0.465 e. The third-order valence-electron chi connectivity index (χ3n) is 3.40. The summed E-state index contributed by atoms with van der Waals surface area (Å²) >= 11 is 0. The first-order chi connectivity index (χ1) is 7.29. The van der Waals surface area contributed by atoms with Crippen LogP contribution in [-0.4, -0.2) is 23.3 Å². The van der Waals surface area contributed by atoms with Crippen LogP contribution < -0.4 is 0 Å². The van der Waals surface area contributed by atoms with Gasteiger partial charge >= 0.3 is 5.97 Å². The summed E-state index contributed by atoms with van der Waals surface area (Å²) in [6.07, 6.45) is 3.75. The molecule has 0 aliphatic rings. The highest BCUT2D eigenvalue weighted by molar-refractivity contribution is 5.77. The van der Waals surface area contributed by atoms with Crippen molar-refractivity contribution < 1.29 is 14.6 Å². The minimum Gasteiger partial charge on any atom is -0.465 e. The van der Waals surface area contributed by atoms with Gasteiger partial charge in [0.1, 0.15) is 0 Å². The molecule has 0 bridgehead atoms. The zero-order chi connectivity index (χ0) is 12.8. The van der Waals surface area contributed by atoms with Gasteiger partial charge in [-0.25, -0.2) is 0 Å². The Balaban J connectivity index is 4.50. The Bertz CT molecular complexity index is 219. The number of carbonyl (C=O) groups is 1. The smallest absolute Gasteiger partial charge is 0.314 e. The van der Waals surface area contributed by atoms with Crippen LogP contribution in [0.25, 0.3) is 0 Å². The molecule has 1 N–H and O–H groups in total. The van der Waals surface area contributed by atoms with Crippen molar-refractivity contribution in [1.29, 1.82) is 0 Å². The Kier molecular flexibility index (Phi) is 6.01. The van der Waals surface area contributed by atoms with Crippen LogP contribution in [0.1, 0.15) is 60.3 Å². The molecule has 0 aromatic heterocycles. The molecular formula is C13H26O3. The minimum atomic E-state index is -1.01. The van der Waals surface area contributed by atoms with E-state index in [0.717, 1.165) is 19.3 Å². The van der Waals surface area contributed by atoms with Gasteiger partial charge in [0, 0.05) is 0 Å². The molecular weight excluding hydrogens is 204 g/mol. The predicted octanol–water partition coefficient (Wildman–Crippen LogP) is 2.91. The van der Waals surface area contributed by atoms with Crippen LogP contribution in [0.4, 0.5) is 0 Å². The summed E-state index contributed by atoms with van der Waals surface area (Å²) in [6, 6.07) is 0. The fraction of sp³-hybridized carbons (Fsp3) is 0.923. The van der Waals surface area contributed by atoms with Crippen molar-refractivity contribution in [2.45, 2.75) is 65.9 Å². The summed E-state index contributed by atoms with van der Waals surface area (Å²) in [4.78, 5) is 11.8. The van der Waals surface area contributed by atoms with Crippen molar-refractivity contribution >= 4 is 5.97 Å². The molecule has 0 aromatic carbocycles. The van der Waals surface area contributed by atoms with Gasteiger partial charge in [-0.3, -0.25) is 4.79 Å². The number of unbranched alkanes of at least 4 members (excludes halogenated alkanes) is 2. The molecule has 96 valence electrons. The van der Waals surface area contributed by atoms with E-state index < -0.39 is 11.0 Å². The molecule has 1 atom stereocenters. The van der Waals surface area contributed by atoms with E-state index in [-0.39, 0.29) is 5.97 Å². The Morgan fingerprint density at radius 2 is 1.75 bits per heavy atom. The number of esters is 1. The van der Waals surface area contributed by atoms with Gasteiger partial charge in [0.2, 0.25) is 0 Å². The topological polar surface area (TPSA) is 46.5 Å². The molecule has 0 rings (SSSR count). The molecule has 0 saturated heterocycles. The molecule has 0 saturated carbocycles. The molecule has 16 heavy (non-hydrogen) atoms. The van der Waals surface area contributed by atoms with E-state index in [1.807, 2.05) is 0 Å². The Morgan fingerprint density at radius 1 is 1.19 bits per heavy atom. The molecule has 1 unspecified atom stereocenters. The van der Waals surface area contributed by atoms with E-state index in [1.54, 1.807) is 27.7 Å². The molecule has 0 spiro atoms. The number of carbonyl (C=O) groups excluding carboxylic acids is 1. The van der Waals surface area contributed by atoms with E-state index in [9.17, 15) is 9.90 Å². The fourth-order valence-corrected chi connectivity index (χ4v) is 1.56. The maximum absolute atomic E-state index is 11.8. The molecule has 0 aliphatic heterocycles. The molecule has 0 aromatic rings. The lowest BCUT2D eigenvalue weighted by Crippen LogP contribution is -2.48. The summed E-state index contributed by atoms with van der Waals surface area (Å²) in [6.45, 7) is 9.46. The average Bonchev–Trinajstić information content (AvgIpc) is 2.18. The van der Waals surface area contributed by atoms with Crippen LogP contribution in [-0.2, 0) is 9.53 Å². The maximum atomic E-state index is 11.8. The van der Waals surface area contributed by atoms with E-state index in [2.05, 4.69) is 6.92 Å². The van der Waals surface area contributed by atoms with Crippen molar-refractivity contribution in [3.05, 3.63) is 0 Å². The van der Waals surface area contributed by atoms with Gasteiger partial charge < -0.3 is 9.84 Å². The number of hydrogen-bond donors (Lipinski definition) is 1.